The van der Waals surface area contributed by atoms with Crippen LogP contribution in [0.15, 0.2) is 30.3 Å². The largest absolute Gasteiger partial charge is 0.345 e. The Hall–Kier alpha value is -0.770. The van der Waals surface area contributed by atoms with E-state index in [0.717, 1.165) is 31.5 Å². The van der Waals surface area contributed by atoms with E-state index < -0.39 is 5.54 Å². The van der Waals surface area contributed by atoms with E-state index in [9.17, 15) is 4.79 Å². The molecule has 1 aromatic carbocycles. The van der Waals surface area contributed by atoms with E-state index in [1.165, 1.54) is 12.8 Å². The Kier molecular flexibility index (Phi) is 5.19. The molecule has 2 fully saturated rings. The summed E-state index contributed by atoms with van der Waals surface area (Å²) >= 11 is 13.3. The van der Waals surface area contributed by atoms with Crippen molar-refractivity contribution in [3.8, 4) is 0 Å². The van der Waals surface area contributed by atoms with Crippen molar-refractivity contribution in [1.82, 2.24) is 10.2 Å². The van der Waals surface area contributed by atoms with Gasteiger partial charge in [-0.25, -0.2) is 0 Å². The van der Waals surface area contributed by atoms with Crippen molar-refractivity contribution in [2.75, 3.05) is 13.1 Å². The zero-order valence-electron chi connectivity index (χ0n) is 13.5. The third kappa shape index (κ3) is 3.24. The van der Waals surface area contributed by atoms with Crippen LogP contribution in [-0.4, -0.2) is 40.7 Å². The van der Waals surface area contributed by atoms with E-state index in [1.54, 1.807) is 6.92 Å². The molecule has 126 valence electrons. The van der Waals surface area contributed by atoms with Crippen LogP contribution < -0.4 is 5.32 Å². The van der Waals surface area contributed by atoms with E-state index in [1.807, 2.05) is 18.2 Å². The van der Waals surface area contributed by atoms with Crippen molar-refractivity contribution in [3.63, 3.8) is 0 Å². The summed E-state index contributed by atoms with van der Waals surface area (Å²) in [7, 11) is 0. The number of nitrogens with one attached hydrogen (secondary N) is 1. The van der Waals surface area contributed by atoms with Gasteiger partial charge < -0.3 is 5.32 Å². The highest BCUT2D eigenvalue weighted by molar-refractivity contribution is 6.30. The summed E-state index contributed by atoms with van der Waals surface area (Å²) in [6.45, 7) is 3.62. The minimum atomic E-state index is -0.463. The number of hydrogen-bond donors (Lipinski definition) is 1. The number of rotatable bonds is 3. The molecule has 23 heavy (non-hydrogen) atoms. The Morgan fingerprint density at radius 2 is 1.87 bits per heavy atom. The lowest BCUT2D eigenvalue weighted by molar-refractivity contribution is -0.122. The highest BCUT2D eigenvalue weighted by atomic mass is 35.5. The van der Waals surface area contributed by atoms with Crippen molar-refractivity contribution in [2.45, 2.75) is 54.9 Å². The van der Waals surface area contributed by atoms with Gasteiger partial charge in [0, 0.05) is 6.92 Å². The second kappa shape index (κ2) is 7.00. The Bertz CT molecular complexity index is 545. The summed E-state index contributed by atoms with van der Waals surface area (Å²) in [6, 6.07) is 10.3. The second-order valence-corrected chi connectivity index (χ2v) is 7.77. The van der Waals surface area contributed by atoms with Crippen molar-refractivity contribution >= 4 is 29.1 Å². The van der Waals surface area contributed by atoms with Crippen molar-refractivity contribution in [2.24, 2.45) is 0 Å². The molecule has 0 spiro atoms. The van der Waals surface area contributed by atoms with Crippen LogP contribution in [0.3, 0.4) is 0 Å². The molecule has 3 rings (SSSR count). The molecule has 4 atom stereocenters. The standard InChI is InChI=1S/C18H24Cl2N2O/c1-13(23)21-18(14-7-3-2-4-8-14)10-9-15(19)16(20)17(18)22-11-5-6-12-22/h2-4,7-8,15-17H,5-6,9-12H2,1H3,(H,21,23). The van der Waals surface area contributed by atoms with E-state index in [0.29, 0.717) is 0 Å². The van der Waals surface area contributed by atoms with Crippen LogP contribution in [0.2, 0.25) is 0 Å². The third-order valence-corrected chi connectivity index (χ3v) is 6.35. The molecule has 1 heterocycles. The molecule has 4 unspecified atom stereocenters. The van der Waals surface area contributed by atoms with Crippen LogP contribution in [0.25, 0.3) is 0 Å². The summed E-state index contributed by atoms with van der Waals surface area (Å²) in [5, 5.41) is 3.02. The van der Waals surface area contributed by atoms with Crippen LogP contribution in [0.5, 0.6) is 0 Å². The summed E-state index contributed by atoms with van der Waals surface area (Å²) in [5.74, 6) is -0.0186. The molecule has 2 aliphatic rings. The van der Waals surface area contributed by atoms with Crippen LogP contribution in [0.1, 0.15) is 38.2 Å². The van der Waals surface area contributed by atoms with Gasteiger partial charge in [-0.1, -0.05) is 30.3 Å². The smallest absolute Gasteiger partial charge is 0.217 e. The number of halogens is 2. The van der Waals surface area contributed by atoms with Gasteiger partial charge in [0.2, 0.25) is 5.91 Å². The van der Waals surface area contributed by atoms with Crippen LogP contribution >= 0.6 is 23.2 Å². The lowest BCUT2D eigenvalue weighted by Gasteiger charge is -2.52. The Morgan fingerprint density at radius 1 is 1.22 bits per heavy atom. The molecule has 0 radical (unpaired) electrons. The Balaban J connectivity index is 2.07. The summed E-state index contributed by atoms with van der Waals surface area (Å²) < 4.78 is 0. The third-order valence-electron chi connectivity index (χ3n) is 5.19. The number of alkyl halides is 2. The molecular weight excluding hydrogens is 331 g/mol. The number of likely N-dealkylation sites (tertiary alicyclic amines) is 1. The number of nitrogens with zero attached hydrogens (tertiary/aromatic N) is 1. The fourth-order valence-electron chi connectivity index (χ4n) is 4.25. The van der Waals surface area contributed by atoms with Crippen molar-refractivity contribution < 1.29 is 4.79 Å². The first-order valence-corrected chi connectivity index (χ1v) is 9.28. The van der Waals surface area contributed by atoms with Gasteiger partial charge in [-0.05, 0) is 44.3 Å². The average molecular weight is 355 g/mol. The SMILES string of the molecule is CC(=O)NC1(c2ccccc2)CCC(Cl)C(Cl)C1N1CCCC1. The van der Waals surface area contributed by atoms with E-state index in [2.05, 4.69) is 22.3 Å². The lowest BCUT2D eigenvalue weighted by Crippen LogP contribution is -2.66. The van der Waals surface area contributed by atoms with Crippen molar-refractivity contribution in [1.29, 1.82) is 0 Å². The molecule has 3 nitrogen and oxygen atoms in total. The predicted molar refractivity (Wildman–Crippen MR) is 95.0 cm³/mol. The first-order valence-electron chi connectivity index (χ1n) is 8.41. The minimum absolute atomic E-state index is 0.0186. The van der Waals surface area contributed by atoms with Gasteiger partial charge in [0.25, 0.3) is 0 Å². The van der Waals surface area contributed by atoms with Gasteiger partial charge in [-0.2, -0.15) is 0 Å². The molecule has 0 bridgehead atoms. The number of amides is 1. The molecular formula is C18H24Cl2N2O. The first-order chi connectivity index (χ1) is 11.0. The molecule has 1 aromatic rings. The number of carbonyl (C=O) groups is 1. The van der Waals surface area contributed by atoms with Gasteiger partial charge in [0.05, 0.1) is 22.3 Å². The maximum absolute atomic E-state index is 12.0. The quantitative estimate of drug-likeness (QED) is 0.842. The van der Waals surface area contributed by atoms with E-state index in [-0.39, 0.29) is 22.7 Å². The van der Waals surface area contributed by atoms with Crippen LogP contribution in [-0.2, 0) is 10.3 Å². The van der Waals surface area contributed by atoms with Gasteiger partial charge in [0.1, 0.15) is 0 Å². The maximum Gasteiger partial charge on any atom is 0.217 e. The molecule has 1 saturated carbocycles. The highest BCUT2D eigenvalue weighted by Gasteiger charge is 2.52. The van der Waals surface area contributed by atoms with Gasteiger partial charge in [-0.3, -0.25) is 9.69 Å². The zero-order valence-corrected chi connectivity index (χ0v) is 15.0. The molecule has 5 heteroatoms. The Labute approximate surface area is 148 Å². The van der Waals surface area contributed by atoms with E-state index in [4.69, 9.17) is 23.2 Å². The molecule has 1 N–H and O–H groups in total. The van der Waals surface area contributed by atoms with Gasteiger partial charge in [0.15, 0.2) is 0 Å². The monoisotopic (exact) mass is 354 g/mol. The minimum Gasteiger partial charge on any atom is -0.345 e. The summed E-state index contributed by atoms with van der Waals surface area (Å²) in [5.41, 5.74) is 0.663. The first kappa shape index (κ1) is 17.1. The summed E-state index contributed by atoms with van der Waals surface area (Å²) in [4.78, 5) is 14.5. The topological polar surface area (TPSA) is 32.3 Å². The van der Waals surface area contributed by atoms with Gasteiger partial charge >= 0.3 is 0 Å². The molecule has 1 aliphatic carbocycles. The second-order valence-electron chi connectivity index (χ2n) is 6.71. The Morgan fingerprint density at radius 3 is 2.48 bits per heavy atom. The highest BCUT2D eigenvalue weighted by Crippen LogP contribution is 2.44. The van der Waals surface area contributed by atoms with Gasteiger partial charge in [-0.15, -0.1) is 23.2 Å². The average Bonchev–Trinajstić information content (AvgIpc) is 3.05. The van der Waals surface area contributed by atoms with Crippen molar-refractivity contribution in [3.05, 3.63) is 35.9 Å². The zero-order chi connectivity index (χ0) is 16.4. The normalized spacial score (nSPS) is 35.2. The summed E-state index contributed by atoms with van der Waals surface area (Å²) in [6.07, 6.45) is 3.97. The molecule has 1 amide bonds. The number of carbonyl (C=O) groups excluding carboxylic acids is 1. The molecule has 1 aliphatic heterocycles. The molecule has 1 saturated heterocycles. The number of hydrogen-bond acceptors (Lipinski definition) is 2. The lowest BCUT2D eigenvalue weighted by atomic mass is 9.71. The van der Waals surface area contributed by atoms with Crippen LogP contribution in [0.4, 0.5) is 0 Å². The fourth-order valence-corrected chi connectivity index (χ4v) is 5.00. The van der Waals surface area contributed by atoms with E-state index >= 15 is 0 Å². The van der Waals surface area contributed by atoms with Crippen LogP contribution in [0, 0.1) is 0 Å². The maximum atomic E-state index is 12.0. The molecule has 0 aromatic heterocycles. The fraction of sp³-hybridized carbons (Fsp3) is 0.611. The predicted octanol–water partition coefficient (Wildman–Crippen LogP) is 3.49. The number of benzene rings is 1.